The molecular formula is C35H56O8S2Si. The van der Waals surface area contributed by atoms with Crippen molar-refractivity contribution in [2.75, 3.05) is 85.6 Å². The van der Waals surface area contributed by atoms with Gasteiger partial charge in [0.2, 0.25) is 0 Å². The number of thioether (sulfide) groups is 2. The van der Waals surface area contributed by atoms with Crippen LogP contribution in [0.3, 0.4) is 0 Å². The summed E-state index contributed by atoms with van der Waals surface area (Å²) in [5.74, 6) is 2.36. The smallest absolute Gasteiger partial charge is 0.261 e. The van der Waals surface area contributed by atoms with E-state index < -0.39 is 14.4 Å². The van der Waals surface area contributed by atoms with Crippen LogP contribution in [0, 0.1) is 11.8 Å². The van der Waals surface area contributed by atoms with Gasteiger partial charge in [0.15, 0.2) is 0 Å². The number of aliphatic hydroxyl groups is 1. The molecular weight excluding hydrogens is 641 g/mol. The normalized spacial score (nSPS) is 16.5. The van der Waals surface area contributed by atoms with Crippen molar-refractivity contribution in [2.24, 2.45) is 11.8 Å². The van der Waals surface area contributed by atoms with Crippen molar-refractivity contribution in [3.05, 3.63) is 60.7 Å². The van der Waals surface area contributed by atoms with E-state index >= 15 is 0 Å². The van der Waals surface area contributed by atoms with Gasteiger partial charge >= 0.3 is 0 Å². The third-order valence-electron chi connectivity index (χ3n) is 8.32. The molecule has 0 spiro atoms. The van der Waals surface area contributed by atoms with Gasteiger partial charge in [-0.15, -0.1) is 23.5 Å². The van der Waals surface area contributed by atoms with Crippen LogP contribution in [0.25, 0.3) is 0 Å². The number of benzene rings is 2. The fraction of sp³-hybridized carbons (Fsp3) is 0.657. The zero-order valence-corrected chi connectivity index (χ0v) is 31.0. The fourth-order valence-corrected chi connectivity index (χ4v) is 14.0. The van der Waals surface area contributed by atoms with Gasteiger partial charge < -0.3 is 38.0 Å². The minimum Gasteiger partial charge on any atom is -0.405 e. The van der Waals surface area contributed by atoms with Crippen LogP contribution in [0.5, 0.6) is 0 Å². The average Bonchev–Trinajstić information content (AvgIpc) is 3.60. The van der Waals surface area contributed by atoms with Crippen LogP contribution in [-0.4, -0.2) is 110 Å². The van der Waals surface area contributed by atoms with Crippen molar-refractivity contribution in [3.63, 3.8) is 0 Å². The molecule has 1 saturated heterocycles. The molecule has 0 bridgehead atoms. The van der Waals surface area contributed by atoms with Crippen LogP contribution in [0.15, 0.2) is 60.7 Å². The number of methoxy groups -OCH3 is 2. The Bertz CT molecular complexity index is 1000. The van der Waals surface area contributed by atoms with Crippen LogP contribution in [-0.2, 0) is 32.8 Å². The molecule has 11 heteroatoms. The van der Waals surface area contributed by atoms with Crippen LogP contribution < -0.4 is 10.4 Å². The summed E-state index contributed by atoms with van der Waals surface area (Å²) in [5.41, 5.74) is 0. The second-order valence-corrected chi connectivity index (χ2v) is 19.5. The van der Waals surface area contributed by atoms with Gasteiger partial charge in [-0.05, 0) is 40.1 Å². The Labute approximate surface area is 286 Å². The maximum absolute atomic E-state index is 12.1. The highest BCUT2D eigenvalue weighted by molar-refractivity contribution is 8.20. The van der Waals surface area contributed by atoms with Crippen molar-refractivity contribution in [2.45, 2.75) is 49.3 Å². The highest BCUT2D eigenvalue weighted by Crippen LogP contribution is 2.44. The Balaban J connectivity index is 1.83. The molecule has 3 atom stereocenters. The zero-order chi connectivity index (χ0) is 33.1. The number of rotatable bonds is 24. The molecule has 3 rings (SSSR count). The van der Waals surface area contributed by atoms with Gasteiger partial charge in [-0.2, -0.15) is 0 Å². The third-order valence-corrected chi connectivity index (χ3v) is 16.6. The second-order valence-electron chi connectivity index (χ2n) is 12.4. The van der Waals surface area contributed by atoms with E-state index in [4.69, 9.17) is 32.8 Å². The van der Waals surface area contributed by atoms with E-state index in [2.05, 4.69) is 69.3 Å². The fourth-order valence-electron chi connectivity index (χ4n) is 6.04. The lowest BCUT2D eigenvalue weighted by molar-refractivity contribution is -0.0809. The molecule has 0 unspecified atom stereocenters. The maximum Gasteiger partial charge on any atom is 0.261 e. The predicted octanol–water partition coefficient (Wildman–Crippen LogP) is 5.02. The molecule has 260 valence electrons. The van der Waals surface area contributed by atoms with Gasteiger partial charge in [-0.25, -0.2) is 0 Å². The molecule has 46 heavy (non-hydrogen) atoms. The Hall–Kier alpha value is -0.963. The number of hydrogen-bond acceptors (Lipinski definition) is 10. The van der Waals surface area contributed by atoms with E-state index in [0.717, 1.165) is 17.9 Å². The van der Waals surface area contributed by atoms with E-state index in [-0.39, 0.29) is 37.1 Å². The lowest BCUT2D eigenvalue weighted by Crippen LogP contribution is -2.67. The van der Waals surface area contributed by atoms with Crippen molar-refractivity contribution in [1.82, 2.24) is 0 Å². The van der Waals surface area contributed by atoms with E-state index in [1.807, 2.05) is 35.7 Å². The van der Waals surface area contributed by atoms with Crippen LogP contribution in [0.2, 0.25) is 5.04 Å². The van der Waals surface area contributed by atoms with Crippen molar-refractivity contribution in [3.8, 4) is 0 Å². The first-order valence-electron chi connectivity index (χ1n) is 16.3. The first-order valence-corrected chi connectivity index (χ1v) is 20.3. The molecule has 1 heterocycles. The molecule has 0 aliphatic carbocycles. The van der Waals surface area contributed by atoms with E-state index in [1.165, 1.54) is 10.4 Å². The van der Waals surface area contributed by atoms with E-state index in [1.54, 1.807) is 14.2 Å². The summed E-state index contributed by atoms with van der Waals surface area (Å²) in [6.45, 7) is 10.5. The Kier molecular flexibility index (Phi) is 18.8. The maximum atomic E-state index is 12.1. The Morgan fingerprint density at radius 2 is 1.20 bits per heavy atom. The standard InChI is InChI=1S/C35H56O8S2Si/c1-35(2,3)46(29-12-8-6-9-13-29,30-14-10-7-11-15-30)43-26-33(36)31(16-18-39-27-41-22-20-37-4)32(34-44-24-25-45-34)17-19-40-28-42-23-21-38-5/h6-15,31-34,36H,16-28H2,1-5H3/t31-,32+,33+/m0/s1. The van der Waals surface area contributed by atoms with E-state index in [9.17, 15) is 5.11 Å². The summed E-state index contributed by atoms with van der Waals surface area (Å²) >= 11 is 3.97. The van der Waals surface area contributed by atoms with Crippen LogP contribution in [0.1, 0.15) is 33.6 Å². The molecule has 0 saturated carbocycles. The van der Waals surface area contributed by atoms with Gasteiger partial charge in [0, 0.05) is 38.9 Å². The number of aliphatic hydroxyl groups excluding tert-OH is 1. The number of hydrogen-bond donors (Lipinski definition) is 1. The minimum atomic E-state index is -2.81. The van der Waals surface area contributed by atoms with Gasteiger partial charge in [0.05, 0.1) is 43.7 Å². The highest BCUT2D eigenvalue weighted by Gasteiger charge is 2.51. The molecule has 1 N–H and O–H groups in total. The summed E-state index contributed by atoms with van der Waals surface area (Å²) in [7, 11) is 0.496. The van der Waals surface area contributed by atoms with E-state index in [0.29, 0.717) is 50.6 Å². The molecule has 2 aromatic carbocycles. The molecule has 2 aromatic rings. The van der Waals surface area contributed by atoms with Crippen molar-refractivity contribution < 1.29 is 38.0 Å². The summed E-state index contributed by atoms with van der Waals surface area (Å²) in [5, 5.41) is 14.4. The summed E-state index contributed by atoms with van der Waals surface area (Å²) in [4.78, 5) is 0. The minimum absolute atomic E-state index is 0.0571. The van der Waals surface area contributed by atoms with Gasteiger partial charge in [-0.3, -0.25) is 0 Å². The lowest BCUT2D eigenvalue weighted by Gasteiger charge is -2.44. The van der Waals surface area contributed by atoms with Gasteiger partial charge in [0.1, 0.15) is 13.6 Å². The van der Waals surface area contributed by atoms with Gasteiger partial charge in [-0.1, -0.05) is 81.4 Å². The molecule has 0 radical (unpaired) electrons. The number of ether oxygens (including phenoxy) is 6. The molecule has 8 nitrogen and oxygen atoms in total. The quantitative estimate of drug-likeness (QED) is 0.0919. The second kappa shape index (κ2) is 21.9. The van der Waals surface area contributed by atoms with Gasteiger partial charge in [0.25, 0.3) is 8.32 Å². The largest absolute Gasteiger partial charge is 0.405 e. The Morgan fingerprint density at radius 3 is 1.67 bits per heavy atom. The molecule has 0 amide bonds. The molecule has 1 aliphatic rings. The average molecular weight is 697 g/mol. The first-order chi connectivity index (χ1) is 22.3. The summed E-state index contributed by atoms with van der Waals surface area (Å²) in [6.07, 6.45) is 0.805. The van der Waals surface area contributed by atoms with Crippen molar-refractivity contribution >= 4 is 42.2 Å². The SMILES string of the molecule is COCCOCOCC[C@H]([C@H](O)CO[Si](c1ccccc1)(c1ccccc1)C(C)(C)C)[C@@H](CCOCOCCOC)C1SCCS1. The molecule has 0 aromatic heterocycles. The predicted molar refractivity (Wildman–Crippen MR) is 192 cm³/mol. The molecule has 1 fully saturated rings. The lowest BCUT2D eigenvalue weighted by atomic mass is 9.84. The summed E-state index contributed by atoms with van der Waals surface area (Å²) in [6, 6.07) is 21.2. The zero-order valence-electron chi connectivity index (χ0n) is 28.4. The van der Waals surface area contributed by atoms with Crippen LogP contribution in [0.4, 0.5) is 0 Å². The summed E-state index contributed by atoms with van der Waals surface area (Å²) < 4.78 is 40.6. The third kappa shape index (κ3) is 12.2. The van der Waals surface area contributed by atoms with Crippen molar-refractivity contribution in [1.29, 1.82) is 0 Å². The topological polar surface area (TPSA) is 84.8 Å². The monoisotopic (exact) mass is 696 g/mol. The first kappa shape index (κ1) is 39.5. The highest BCUT2D eigenvalue weighted by atomic mass is 32.2. The Morgan fingerprint density at radius 1 is 0.717 bits per heavy atom. The molecule has 1 aliphatic heterocycles. The van der Waals surface area contributed by atoms with Crippen LogP contribution >= 0.6 is 23.5 Å².